The monoisotopic (exact) mass is 264 g/mol. The Hall–Kier alpha value is -2.18. The molecule has 2 heterocycles. The molecule has 0 N–H and O–H groups in total. The first kappa shape index (κ1) is 13.3. The van der Waals surface area contributed by atoms with Gasteiger partial charge in [-0.05, 0) is 6.07 Å². The molecule has 0 spiro atoms. The molecule has 1 aromatic rings. The number of nitrogens with zero attached hydrogens (tertiary/aromatic N) is 4. The van der Waals surface area contributed by atoms with Crippen molar-refractivity contribution < 1.29 is 9.59 Å². The maximum atomic E-state index is 12.0. The highest BCUT2D eigenvalue weighted by molar-refractivity contribution is 5.77. The van der Waals surface area contributed by atoms with Crippen molar-refractivity contribution in [3.05, 3.63) is 28.7 Å². The second kappa shape index (κ2) is 5.64. The number of aromatic nitrogens is 2. The van der Waals surface area contributed by atoms with E-state index in [1.54, 1.807) is 9.80 Å². The maximum Gasteiger partial charge on any atom is 0.267 e. The fourth-order valence-corrected chi connectivity index (χ4v) is 2.00. The van der Waals surface area contributed by atoms with Gasteiger partial charge in [0.2, 0.25) is 11.8 Å². The molecule has 102 valence electrons. The van der Waals surface area contributed by atoms with Crippen LogP contribution in [-0.4, -0.2) is 57.6 Å². The van der Waals surface area contributed by atoms with Crippen LogP contribution in [-0.2, 0) is 16.1 Å². The van der Waals surface area contributed by atoms with Gasteiger partial charge < -0.3 is 9.80 Å². The van der Waals surface area contributed by atoms with Crippen LogP contribution in [0.25, 0.3) is 0 Å². The molecule has 7 heteroatoms. The number of piperazine rings is 1. The van der Waals surface area contributed by atoms with Gasteiger partial charge in [-0.1, -0.05) is 0 Å². The van der Waals surface area contributed by atoms with Crippen LogP contribution in [0.15, 0.2) is 23.1 Å². The van der Waals surface area contributed by atoms with Crippen LogP contribution in [0, 0.1) is 0 Å². The lowest BCUT2D eigenvalue weighted by atomic mass is 10.3. The van der Waals surface area contributed by atoms with E-state index in [4.69, 9.17) is 0 Å². The molecule has 0 atom stereocenters. The van der Waals surface area contributed by atoms with Gasteiger partial charge >= 0.3 is 0 Å². The van der Waals surface area contributed by atoms with Crippen LogP contribution in [0.5, 0.6) is 0 Å². The summed E-state index contributed by atoms with van der Waals surface area (Å²) < 4.78 is 1.14. The minimum Gasteiger partial charge on any atom is -0.339 e. The van der Waals surface area contributed by atoms with E-state index in [1.165, 1.54) is 25.3 Å². The van der Waals surface area contributed by atoms with Crippen molar-refractivity contribution in [1.29, 1.82) is 0 Å². The molecule has 0 aliphatic carbocycles. The molecular formula is C12H16N4O3. The van der Waals surface area contributed by atoms with Gasteiger partial charge in [0.05, 0.1) is 0 Å². The number of carbonyl (C=O) groups excluding carboxylic acids is 2. The molecular weight excluding hydrogens is 248 g/mol. The van der Waals surface area contributed by atoms with Gasteiger partial charge in [-0.15, -0.1) is 0 Å². The fourth-order valence-electron chi connectivity index (χ4n) is 2.00. The van der Waals surface area contributed by atoms with Crippen LogP contribution in [0.2, 0.25) is 0 Å². The molecule has 1 saturated heterocycles. The summed E-state index contributed by atoms with van der Waals surface area (Å²) in [5.41, 5.74) is -0.293. The van der Waals surface area contributed by atoms with Gasteiger partial charge in [-0.2, -0.15) is 5.10 Å². The molecule has 0 saturated carbocycles. The molecule has 0 bridgehead atoms. The Morgan fingerprint density at radius 2 is 1.84 bits per heavy atom. The van der Waals surface area contributed by atoms with Crippen LogP contribution >= 0.6 is 0 Å². The number of amides is 2. The molecule has 0 aromatic carbocycles. The van der Waals surface area contributed by atoms with Crippen LogP contribution in [0.4, 0.5) is 0 Å². The lowest BCUT2D eigenvalue weighted by Gasteiger charge is -2.34. The molecule has 7 nitrogen and oxygen atoms in total. The van der Waals surface area contributed by atoms with Gasteiger partial charge in [0.15, 0.2) is 0 Å². The molecule has 2 amide bonds. The van der Waals surface area contributed by atoms with Crippen molar-refractivity contribution in [3.63, 3.8) is 0 Å². The number of hydrogen-bond acceptors (Lipinski definition) is 4. The lowest BCUT2D eigenvalue weighted by Crippen LogP contribution is -2.51. The predicted octanol–water partition coefficient (Wildman–Crippen LogP) is -1.07. The molecule has 0 unspecified atom stereocenters. The average molecular weight is 264 g/mol. The summed E-state index contributed by atoms with van der Waals surface area (Å²) in [5.74, 6) is -0.128. The van der Waals surface area contributed by atoms with Crippen molar-refractivity contribution in [3.8, 4) is 0 Å². The zero-order valence-corrected chi connectivity index (χ0v) is 10.8. The summed E-state index contributed by atoms with van der Waals surface area (Å²) in [6.07, 6.45) is 1.47. The van der Waals surface area contributed by atoms with Crippen LogP contribution in [0.1, 0.15) is 6.92 Å². The third-order valence-corrected chi connectivity index (χ3v) is 3.15. The normalized spacial score (nSPS) is 15.4. The molecule has 0 radical (unpaired) electrons. The van der Waals surface area contributed by atoms with Crippen molar-refractivity contribution in [2.24, 2.45) is 0 Å². The second-order valence-corrected chi connectivity index (χ2v) is 4.41. The van der Waals surface area contributed by atoms with Gasteiger partial charge in [0, 0.05) is 45.4 Å². The van der Waals surface area contributed by atoms with Crippen molar-refractivity contribution >= 4 is 11.8 Å². The first-order valence-corrected chi connectivity index (χ1v) is 6.13. The first-order chi connectivity index (χ1) is 9.08. The zero-order chi connectivity index (χ0) is 13.8. The van der Waals surface area contributed by atoms with E-state index < -0.39 is 0 Å². The van der Waals surface area contributed by atoms with Gasteiger partial charge in [-0.25, -0.2) is 4.68 Å². The van der Waals surface area contributed by atoms with E-state index in [0.29, 0.717) is 26.2 Å². The Labute approximate surface area is 110 Å². The highest BCUT2D eigenvalue weighted by Gasteiger charge is 2.22. The van der Waals surface area contributed by atoms with Crippen LogP contribution < -0.4 is 5.56 Å². The minimum absolute atomic E-state index is 0.0213. The average Bonchev–Trinajstić information content (AvgIpc) is 2.41. The first-order valence-electron chi connectivity index (χ1n) is 6.13. The summed E-state index contributed by atoms with van der Waals surface area (Å²) in [5, 5.41) is 3.85. The highest BCUT2D eigenvalue weighted by atomic mass is 16.2. The quantitative estimate of drug-likeness (QED) is 0.682. The number of rotatable bonds is 2. The highest BCUT2D eigenvalue weighted by Crippen LogP contribution is 2.02. The summed E-state index contributed by atoms with van der Waals surface area (Å²) in [4.78, 5) is 38.0. The third kappa shape index (κ3) is 3.18. The van der Waals surface area contributed by atoms with Crippen molar-refractivity contribution in [1.82, 2.24) is 19.6 Å². The molecule has 1 aliphatic heterocycles. The number of hydrogen-bond donors (Lipinski definition) is 0. The standard InChI is InChI=1S/C12H16N4O3/c1-10(17)14-5-7-15(8-6-14)12(19)9-16-11(18)3-2-4-13-16/h2-4H,5-9H2,1H3. The van der Waals surface area contributed by atoms with Gasteiger partial charge in [0.1, 0.15) is 6.54 Å². The molecule has 1 fully saturated rings. The number of carbonyl (C=O) groups is 2. The van der Waals surface area contributed by atoms with Crippen molar-refractivity contribution in [2.45, 2.75) is 13.5 Å². The third-order valence-electron chi connectivity index (χ3n) is 3.15. The summed E-state index contributed by atoms with van der Waals surface area (Å²) >= 11 is 0. The molecule has 1 aromatic heterocycles. The van der Waals surface area contributed by atoms with Crippen molar-refractivity contribution in [2.75, 3.05) is 26.2 Å². The van der Waals surface area contributed by atoms with E-state index in [9.17, 15) is 14.4 Å². The Bertz CT molecular complexity index is 532. The predicted molar refractivity (Wildman–Crippen MR) is 67.3 cm³/mol. The topological polar surface area (TPSA) is 75.5 Å². The molecule has 2 rings (SSSR count). The molecule has 1 aliphatic rings. The van der Waals surface area contributed by atoms with Crippen LogP contribution in [0.3, 0.4) is 0 Å². The lowest BCUT2D eigenvalue weighted by molar-refractivity contribution is -0.139. The van der Waals surface area contributed by atoms with E-state index in [2.05, 4.69) is 5.10 Å². The smallest absolute Gasteiger partial charge is 0.267 e. The maximum absolute atomic E-state index is 12.0. The minimum atomic E-state index is -0.293. The fraction of sp³-hybridized carbons (Fsp3) is 0.500. The largest absolute Gasteiger partial charge is 0.339 e. The second-order valence-electron chi connectivity index (χ2n) is 4.41. The SMILES string of the molecule is CC(=O)N1CCN(C(=O)Cn2ncccc2=O)CC1. The van der Waals surface area contributed by atoms with E-state index in [1.807, 2.05) is 0 Å². The summed E-state index contributed by atoms with van der Waals surface area (Å²) in [7, 11) is 0. The Morgan fingerprint density at radius 1 is 1.21 bits per heavy atom. The Kier molecular flexibility index (Phi) is 3.94. The van der Waals surface area contributed by atoms with E-state index >= 15 is 0 Å². The zero-order valence-electron chi connectivity index (χ0n) is 10.8. The van der Waals surface area contributed by atoms with Gasteiger partial charge in [-0.3, -0.25) is 14.4 Å². The summed E-state index contributed by atoms with van der Waals surface area (Å²) in [6, 6.07) is 2.91. The summed E-state index contributed by atoms with van der Waals surface area (Å²) in [6.45, 7) is 3.54. The van der Waals surface area contributed by atoms with Gasteiger partial charge in [0.25, 0.3) is 5.56 Å². The van der Waals surface area contributed by atoms with E-state index in [0.717, 1.165) is 4.68 Å². The Balaban J connectivity index is 1.94. The molecule has 19 heavy (non-hydrogen) atoms. The van der Waals surface area contributed by atoms with E-state index in [-0.39, 0.29) is 23.9 Å². The Morgan fingerprint density at radius 3 is 2.42 bits per heavy atom.